The van der Waals surface area contributed by atoms with Crippen molar-refractivity contribution < 1.29 is 9.90 Å². The van der Waals surface area contributed by atoms with E-state index in [2.05, 4.69) is 4.98 Å². The molecule has 0 amide bonds. The average Bonchev–Trinajstić information content (AvgIpc) is 2.23. The van der Waals surface area contributed by atoms with Crippen LogP contribution in [0.1, 0.15) is 21.6 Å². The summed E-state index contributed by atoms with van der Waals surface area (Å²) < 4.78 is 0. The highest BCUT2D eigenvalue weighted by molar-refractivity contribution is 5.91. The Bertz CT molecular complexity index is 547. The van der Waals surface area contributed by atoms with Crippen molar-refractivity contribution in [1.29, 1.82) is 0 Å². The number of aromatic nitrogens is 1. The van der Waals surface area contributed by atoms with E-state index in [4.69, 9.17) is 5.11 Å². The van der Waals surface area contributed by atoms with Gasteiger partial charge in [0.05, 0.1) is 5.52 Å². The maximum atomic E-state index is 10.8. The second kappa shape index (κ2) is 3.35. The van der Waals surface area contributed by atoms with E-state index in [0.29, 0.717) is 0 Å². The lowest BCUT2D eigenvalue weighted by Gasteiger charge is -2.05. The topological polar surface area (TPSA) is 50.2 Å². The van der Waals surface area contributed by atoms with Crippen molar-refractivity contribution >= 4 is 16.9 Å². The molecule has 1 aromatic carbocycles. The molecule has 0 spiro atoms. The van der Waals surface area contributed by atoms with E-state index in [9.17, 15) is 4.79 Å². The summed E-state index contributed by atoms with van der Waals surface area (Å²) in [6.07, 6.45) is 0. The summed E-state index contributed by atoms with van der Waals surface area (Å²) in [4.78, 5) is 14.9. The number of nitrogens with zero attached hydrogens (tertiary/aromatic N) is 1. The lowest BCUT2D eigenvalue weighted by molar-refractivity contribution is 0.0691. The molecule has 76 valence electrons. The molecule has 0 aliphatic rings. The van der Waals surface area contributed by atoms with Crippen LogP contribution in [-0.2, 0) is 0 Å². The van der Waals surface area contributed by atoms with Crippen LogP contribution in [0.4, 0.5) is 0 Å². The fraction of sp³-hybridized carbons (Fsp3) is 0.167. The number of hydrogen-bond donors (Lipinski definition) is 1. The molecule has 0 fully saturated rings. The van der Waals surface area contributed by atoms with E-state index in [-0.39, 0.29) is 5.69 Å². The molecular weight excluding hydrogens is 190 g/mol. The SMILES string of the molecule is Cc1ccc(C)c2nc(C(=O)O)ccc12. The number of hydrogen-bond acceptors (Lipinski definition) is 2. The first kappa shape index (κ1) is 9.65. The van der Waals surface area contributed by atoms with Crippen LogP contribution >= 0.6 is 0 Å². The molecule has 1 N–H and O–H groups in total. The van der Waals surface area contributed by atoms with Crippen molar-refractivity contribution in [2.45, 2.75) is 13.8 Å². The Labute approximate surface area is 87.4 Å². The molecular formula is C12H11NO2. The molecule has 0 radical (unpaired) electrons. The predicted octanol–water partition coefficient (Wildman–Crippen LogP) is 2.55. The van der Waals surface area contributed by atoms with E-state index in [0.717, 1.165) is 22.0 Å². The number of carbonyl (C=O) groups is 1. The number of carboxylic acid groups (broad SMARTS) is 1. The maximum Gasteiger partial charge on any atom is 0.354 e. The fourth-order valence-electron chi connectivity index (χ4n) is 1.62. The number of benzene rings is 1. The van der Waals surface area contributed by atoms with E-state index >= 15 is 0 Å². The Morgan fingerprint density at radius 2 is 1.80 bits per heavy atom. The van der Waals surface area contributed by atoms with Gasteiger partial charge in [-0.15, -0.1) is 0 Å². The van der Waals surface area contributed by atoms with Gasteiger partial charge in [0.25, 0.3) is 0 Å². The molecule has 3 nitrogen and oxygen atoms in total. The van der Waals surface area contributed by atoms with Gasteiger partial charge in [0.2, 0.25) is 0 Å². The lowest BCUT2D eigenvalue weighted by Crippen LogP contribution is -2.00. The third-order valence-corrected chi connectivity index (χ3v) is 2.50. The number of carboxylic acids is 1. The Balaban J connectivity index is 2.81. The molecule has 2 aromatic rings. The molecule has 1 aromatic heterocycles. The Hall–Kier alpha value is -1.90. The highest BCUT2D eigenvalue weighted by Gasteiger charge is 2.07. The summed E-state index contributed by atoms with van der Waals surface area (Å²) in [5.74, 6) is -0.988. The van der Waals surface area contributed by atoms with E-state index < -0.39 is 5.97 Å². The first-order valence-electron chi connectivity index (χ1n) is 4.70. The Morgan fingerprint density at radius 1 is 1.13 bits per heavy atom. The molecule has 3 heteroatoms. The first-order valence-corrected chi connectivity index (χ1v) is 4.70. The number of pyridine rings is 1. The summed E-state index contributed by atoms with van der Waals surface area (Å²) in [6.45, 7) is 3.92. The summed E-state index contributed by atoms with van der Waals surface area (Å²) in [7, 11) is 0. The third kappa shape index (κ3) is 1.56. The molecule has 0 atom stereocenters. The zero-order valence-corrected chi connectivity index (χ0v) is 8.61. The highest BCUT2D eigenvalue weighted by atomic mass is 16.4. The summed E-state index contributed by atoms with van der Waals surface area (Å²) in [6, 6.07) is 7.32. The van der Waals surface area contributed by atoms with Crippen LogP contribution < -0.4 is 0 Å². The number of aryl methyl sites for hydroxylation is 2. The normalized spacial score (nSPS) is 10.5. The van der Waals surface area contributed by atoms with Gasteiger partial charge in [-0.1, -0.05) is 18.2 Å². The minimum Gasteiger partial charge on any atom is -0.477 e. The number of fused-ring (bicyclic) bond motifs is 1. The molecule has 0 bridgehead atoms. The highest BCUT2D eigenvalue weighted by Crippen LogP contribution is 2.20. The minimum atomic E-state index is -0.988. The van der Waals surface area contributed by atoms with Crippen LogP contribution in [-0.4, -0.2) is 16.1 Å². The van der Waals surface area contributed by atoms with E-state index in [1.165, 1.54) is 6.07 Å². The van der Waals surface area contributed by atoms with Gasteiger partial charge in [-0.2, -0.15) is 0 Å². The van der Waals surface area contributed by atoms with Crippen molar-refractivity contribution in [2.24, 2.45) is 0 Å². The molecule has 0 unspecified atom stereocenters. The molecule has 0 saturated heterocycles. The standard InChI is InChI=1S/C12H11NO2/c1-7-3-4-8(2)11-9(7)5-6-10(13-11)12(14)15/h3-6H,1-2H3,(H,14,15). The van der Waals surface area contributed by atoms with Gasteiger partial charge in [-0.05, 0) is 31.0 Å². The summed E-state index contributed by atoms with van der Waals surface area (Å²) in [5.41, 5.74) is 2.98. The van der Waals surface area contributed by atoms with Gasteiger partial charge in [-0.3, -0.25) is 0 Å². The largest absolute Gasteiger partial charge is 0.477 e. The van der Waals surface area contributed by atoms with Crippen LogP contribution in [0, 0.1) is 13.8 Å². The van der Waals surface area contributed by atoms with Crippen LogP contribution in [0.5, 0.6) is 0 Å². The van der Waals surface area contributed by atoms with E-state index in [1.54, 1.807) is 0 Å². The maximum absolute atomic E-state index is 10.8. The van der Waals surface area contributed by atoms with Gasteiger partial charge in [0.1, 0.15) is 5.69 Å². The zero-order chi connectivity index (χ0) is 11.0. The van der Waals surface area contributed by atoms with Crippen molar-refractivity contribution in [3.8, 4) is 0 Å². The van der Waals surface area contributed by atoms with Gasteiger partial charge in [0.15, 0.2) is 0 Å². The molecule has 0 aliphatic heterocycles. The van der Waals surface area contributed by atoms with Crippen LogP contribution in [0.2, 0.25) is 0 Å². The van der Waals surface area contributed by atoms with Crippen LogP contribution in [0.3, 0.4) is 0 Å². The van der Waals surface area contributed by atoms with E-state index in [1.807, 2.05) is 32.0 Å². The van der Waals surface area contributed by atoms with Gasteiger partial charge in [-0.25, -0.2) is 9.78 Å². The number of aromatic carboxylic acids is 1. The summed E-state index contributed by atoms with van der Waals surface area (Å²) >= 11 is 0. The third-order valence-electron chi connectivity index (χ3n) is 2.50. The van der Waals surface area contributed by atoms with Crippen LogP contribution in [0.15, 0.2) is 24.3 Å². The average molecular weight is 201 g/mol. The first-order chi connectivity index (χ1) is 7.09. The monoisotopic (exact) mass is 201 g/mol. The molecule has 2 rings (SSSR count). The number of rotatable bonds is 1. The van der Waals surface area contributed by atoms with Crippen molar-refractivity contribution in [2.75, 3.05) is 0 Å². The van der Waals surface area contributed by atoms with Crippen LogP contribution in [0.25, 0.3) is 10.9 Å². The van der Waals surface area contributed by atoms with Gasteiger partial charge in [0, 0.05) is 5.39 Å². The molecule has 0 aliphatic carbocycles. The molecule has 15 heavy (non-hydrogen) atoms. The predicted molar refractivity (Wildman–Crippen MR) is 58.2 cm³/mol. The second-order valence-corrected chi connectivity index (χ2v) is 3.60. The molecule has 1 heterocycles. The molecule has 0 saturated carbocycles. The summed E-state index contributed by atoms with van der Waals surface area (Å²) in [5, 5.41) is 9.86. The minimum absolute atomic E-state index is 0.0937. The quantitative estimate of drug-likeness (QED) is 0.771. The van der Waals surface area contributed by atoms with Crippen molar-refractivity contribution in [3.05, 3.63) is 41.1 Å². The Kier molecular flexibility index (Phi) is 2.15. The van der Waals surface area contributed by atoms with Crippen molar-refractivity contribution in [1.82, 2.24) is 4.98 Å². The second-order valence-electron chi connectivity index (χ2n) is 3.60. The van der Waals surface area contributed by atoms with Crippen molar-refractivity contribution in [3.63, 3.8) is 0 Å². The Morgan fingerprint density at radius 3 is 2.47 bits per heavy atom. The smallest absolute Gasteiger partial charge is 0.354 e. The lowest BCUT2D eigenvalue weighted by atomic mass is 10.1. The van der Waals surface area contributed by atoms with Gasteiger partial charge >= 0.3 is 5.97 Å². The fourth-order valence-corrected chi connectivity index (χ4v) is 1.62. The zero-order valence-electron chi connectivity index (χ0n) is 8.61. The van der Waals surface area contributed by atoms with Gasteiger partial charge < -0.3 is 5.11 Å².